The van der Waals surface area contributed by atoms with E-state index < -0.39 is 0 Å². The van der Waals surface area contributed by atoms with Gasteiger partial charge in [-0.15, -0.1) is 0 Å². The summed E-state index contributed by atoms with van der Waals surface area (Å²) in [5.41, 5.74) is 8.38. The number of hydrogen-bond donors (Lipinski definition) is 0. The predicted octanol–water partition coefficient (Wildman–Crippen LogP) is 10.1. The van der Waals surface area contributed by atoms with Gasteiger partial charge in [-0.05, 0) is 82.0 Å². The van der Waals surface area contributed by atoms with E-state index in [4.69, 9.17) is 9.47 Å². The third-order valence-electron chi connectivity index (χ3n) is 8.17. The number of rotatable bonds is 16. The van der Waals surface area contributed by atoms with Crippen LogP contribution in [0.15, 0.2) is 36.4 Å². The van der Waals surface area contributed by atoms with Crippen molar-refractivity contribution in [3.05, 3.63) is 47.5 Å². The molecule has 3 aromatic rings. The first-order valence-electron chi connectivity index (χ1n) is 14.8. The molecule has 0 amide bonds. The molecule has 0 bridgehead atoms. The minimum atomic E-state index is 0.768. The minimum absolute atomic E-state index is 0.768. The average molecular weight is 485 g/mol. The van der Waals surface area contributed by atoms with E-state index in [0.717, 1.165) is 37.6 Å². The van der Waals surface area contributed by atoms with Gasteiger partial charge >= 0.3 is 0 Å². The first kappa shape index (κ1) is 25.2. The Morgan fingerprint density at radius 3 is 1.42 bits per heavy atom. The highest BCUT2D eigenvalue weighted by Crippen LogP contribution is 2.53. The summed E-state index contributed by atoms with van der Waals surface area (Å²) in [4.78, 5) is 0. The molecule has 0 spiro atoms. The molecule has 0 aliphatic heterocycles. The van der Waals surface area contributed by atoms with E-state index in [9.17, 15) is 0 Å². The van der Waals surface area contributed by atoms with Crippen LogP contribution in [-0.4, -0.2) is 13.2 Å². The van der Waals surface area contributed by atoms with Crippen molar-refractivity contribution in [3.63, 3.8) is 0 Å². The Hall–Kier alpha value is -2.48. The number of hydrogen-bond acceptors (Lipinski definition) is 2. The summed E-state index contributed by atoms with van der Waals surface area (Å²) in [7, 11) is 0. The molecule has 0 N–H and O–H groups in total. The maximum Gasteiger partial charge on any atom is 0.161 e. The Morgan fingerprint density at radius 1 is 0.500 bits per heavy atom. The maximum absolute atomic E-state index is 6.41. The molecule has 3 aromatic carbocycles. The third kappa shape index (κ3) is 5.29. The molecule has 0 radical (unpaired) electrons. The van der Waals surface area contributed by atoms with Gasteiger partial charge in [-0.3, -0.25) is 0 Å². The SMILES string of the molecule is CCCCCCCCOc1cc2c(cc1OCCCCCCCC)-c1ccc3c4c(ccc-2c14)CC3. The van der Waals surface area contributed by atoms with Gasteiger partial charge in [0, 0.05) is 0 Å². The second kappa shape index (κ2) is 12.2. The molecule has 5 rings (SSSR count). The van der Waals surface area contributed by atoms with Crippen LogP contribution in [0.2, 0.25) is 0 Å². The van der Waals surface area contributed by atoms with Crippen molar-refractivity contribution < 1.29 is 9.47 Å². The van der Waals surface area contributed by atoms with Gasteiger partial charge in [0.2, 0.25) is 0 Å². The third-order valence-corrected chi connectivity index (χ3v) is 8.17. The van der Waals surface area contributed by atoms with Gasteiger partial charge in [0.1, 0.15) is 0 Å². The molecule has 2 aliphatic carbocycles. The van der Waals surface area contributed by atoms with Crippen LogP contribution >= 0.6 is 0 Å². The Bertz CT molecular complexity index is 1090. The summed E-state index contributed by atoms with van der Waals surface area (Å²) in [6.07, 6.45) is 17.6. The van der Waals surface area contributed by atoms with Gasteiger partial charge < -0.3 is 9.47 Å². The monoisotopic (exact) mass is 484 g/mol. The summed E-state index contributed by atoms with van der Waals surface area (Å²) < 4.78 is 12.8. The smallest absolute Gasteiger partial charge is 0.161 e. The van der Waals surface area contributed by atoms with Gasteiger partial charge in [-0.2, -0.15) is 0 Å². The number of unbranched alkanes of at least 4 members (excludes halogenated alkanes) is 10. The van der Waals surface area contributed by atoms with Crippen LogP contribution in [0.5, 0.6) is 11.5 Å². The van der Waals surface area contributed by atoms with Crippen molar-refractivity contribution in [2.24, 2.45) is 0 Å². The summed E-state index contributed by atoms with van der Waals surface area (Å²) >= 11 is 0. The zero-order chi connectivity index (χ0) is 24.7. The van der Waals surface area contributed by atoms with E-state index in [2.05, 4.69) is 50.2 Å². The summed E-state index contributed by atoms with van der Waals surface area (Å²) in [6.45, 7) is 6.08. The molecular formula is C34H44O2. The molecule has 2 heteroatoms. The molecular weight excluding hydrogens is 440 g/mol. The molecule has 0 atom stereocenters. The number of ether oxygens (including phenoxy) is 2. The standard InChI is InChI=1S/C34H44O2/c1-3-5-7-9-11-13-21-35-31-23-29-27-19-17-25-15-16-26-18-20-28(34(27)33(25)26)30(29)24-32(31)36-22-14-12-10-8-6-4-2/h17-20,23-24H,3-16,21-22H2,1-2H3. The molecule has 0 saturated heterocycles. The van der Waals surface area contributed by atoms with E-state index in [1.165, 1.54) is 121 Å². The van der Waals surface area contributed by atoms with Crippen molar-refractivity contribution >= 4 is 10.8 Å². The van der Waals surface area contributed by atoms with Gasteiger partial charge in [-0.25, -0.2) is 0 Å². The highest BCUT2D eigenvalue weighted by atomic mass is 16.5. The van der Waals surface area contributed by atoms with E-state index in [0.29, 0.717) is 0 Å². The molecule has 36 heavy (non-hydrogen) atoms. The first-order chi connectivity index (χ1) is 17.8. The Balaban J connectivity index is 1.34. The second-order valence-corrected chi connectivity index (χ2v) is 10.9. The van der Waals surface area contributed by atoms with Gasteiger partial charge in [0.15, 0.2) is 11.5 Å². The molecule has 0 aromatic heterocycles. The maximum atomic E-state index is 6.41. The lowest BCUT2D eigenvalue weighted by molar-refractivity contribution is 0.258. The van der Waals surface area contributed by atoms with Crippen molar-refractivity contribution in [1.82, 2.24) is 0 Å². The lowest BCUT2D eigenvalue weighted by Crippen LogP contribution is -2.03. The number of benzene rings is 3. The molecule has 192 valence electrons. The normalized spacial score (nSPS) is 12.9. The van der Waals surface area contributed by atoms with Crippen LogP contribution in [0, 0.1) is 0 Å². The zero-order valence-electron chi connectivity index (χ0n) is 22.6. The van der Waals surface area contributed by atoms with Crippen LogP contribution in [0.1, 0.15) is 102 Å². The summed E-state index contributed by atoms with van der Waals surface area (Å²) in [6, 6.07) is 13.9. The first-order valence-corrected chi connectivity index (χ1v) is 14.8. The summed E-state index contributed by atoms with van der Waals surface area (Å²) in [5.74, 6) is 1.85. The van der Waals surface area contributed by atoms with Crippen LogP contribution in [0.4, 0.5) is 0 Å². The largest absolute Gasteiger partial charge is 0.490 e. The van der Waals surface area contributed by atoms with E-state index in [1.807, 2.05) is 0 Å². The van der Waals surface area contributed by atoms with E-state index in [1.54, 1.807) is 0 Å². The Morgan fingerprint density at radius 2 is 0.944 bits per heavy atom. The topological polar surface area (TPSA) is 18.5 Å². The lowest BCUT2D eigenvalue weighted by atomic mass is 9.99. The molecule has 2 nitrogen and oxygen atoms in total. The zero-order valence-corrected chi connectivity index (χ0v) is 22.6. The fourth-order valence-corrected chi connectivity index (χ4v) is 6.14. The molecule has 0 saturated carbocycles. The molecule has 0 heterocycles. The predicted molar refractivity (Wildman–Crippen MR) is 154 cm³/mol. The van der Waals surface area contributed by atoms with Crippen LogP contribution < -0.4 is 9.47 Å². The van der Waals surface area contributed by atoms with Crippen molar-refractivity contribution in [2.45, 2.75) is 104 Å². The minimum Gasteiger partial charge on any atom is -0.490 e. The van der Waals surface area contributed by atoms with Crippen molar-refractivity contribution in [3.8, 4) is 33.8 Å². The van der Waals surface area contributed by atoms with E-state index >= 15 is 0 Å². The fourth-order valence-electron chi connectivity index (χ4n) is 6.14. The van der Waals surface area contributed by atoms with Crippen LogP contribution in [0.3, 0.4) is 0 Å². The van der Waals surface area contributed by atoms with Crippen molar-refractivity contribution in [1.29, 1.82) is 0 Å². The lowest BCUT2D eigenvalue weighted by Gasteiger charge is -2.16. The van der Waals surface area contributed by atoms with Gasteiger partial charge in [0.05, 0.1) is 13.2 Å². The highest BCUT2D eigenvalue weighted by Gasteiger charge is 2.28. The highest BCUT2D eigenvalue weighted by molar-refractivity contribution is 6.17. The molecule has 0 fully saturated rings. The molecule has 2 aliphatic rings. The molecule has 0 unspecified atom stereocenters. The van der Waals surface area contributed by atoms with Crippen molar-refractivity contribution in [2.75, 3.05) is 13.2 Å². The number of aryl methyl sites for hydroxylation is 2. The fraction of sp³-hybridized carbons (Fsp3) is 0.529. The Labute approximate surface area is 218 Å². The van der Waals surface area contributed by atoms with Crippen LogP contribution in [-0.2, 0) is 12.8 Å². The number of fused-ring (bicyclic) bond motifs is 3. The quantitative estimate of drug-likeness (QED) is 0.147. The summed E-state index contributed by atoms with van der Waals surface area (Å²) in [5, 5.41) is 2.96. The van der Waals surface area contributed by atoms with Gasteiger partial charge in [0.25, 0.3) is 0 Å². The van der Waals surface area contributed by atoms with Gasteiger partial charge in [-0.1, -0.05) is 102 Å². The van der Waals surface area contributed by atoms with Crippen LogP contribution in [0.25, 0.3) is 33.0 Å². The second-order valence-electron chi connectivity index (χ2n) is 10.9. The average Bonchev–Trinajstić information content (AvgIpc) is 3.45. The Kier molecular flexibility index (Phi) is 8.51. The van der Waals surface area contributed by atoms with E-state index in [-0.39, 0.29) is 0 Å².